The molecule has 0 saturated carbocycles. The molecule has 0 radical (unpaired) electrons. The summed E-state index contributed by atoms with van der Waals surface area (Å²) in [5.74, 6) is 0.887. The van der Waals surface area contributed by atoms with Gasteiger partial charge in [0.05, 0.1) is 11.5 Å². The third kappa shape index (κ3) is 2.44. The van der Waals surface area contributed by atoms with E-state index < -0.39 is 21.8 Å². The van der Waals surface area contributed by atoms with Crippen molar-refractivity contribution in [2.75, 3.05) is 11.5 Å². The van der Waals surface area contributed by atoms with Crippen molar-refractivity contribution in [3.05, 3.63) is 11.6 Å². The average Bonchev–Trinajstić information content (AvgIpc) is 2.93. The van der Waals surface area contributed by atoms with Gasteiger partial charge in [-0.2, -0.15) is 0 Å². The van der Waals surface area contributed by atoms with Crippen molar-refractivity contribution in [2.24, 2.45) is 5.92 Å². The number of sulfone groups is 1. The van der Waals surface area contributed by atoms with E-state index in [9.17, 15) is 18.3 Å². The quantitative estimate of drug-likeness (QED) is 0.856. The molecular formula is C12H17N3O4S. The zero-order valence-electron chi connectivity index (χ0n) is 11.0. The number of carbonyl (C=O) groups is 1. The maximum absolute atomic E-state index is 11.5. The first kappa shape index (κ1) is 13.5. The molecule has 1 aromatic rings. The Hall–Kier alpha value is -1.44. The van der Waals surface area contributed by atoms with Gasteiger partial charge in [-0.1, -0.05) is 0 Å². The maximum Gasteiger partial charge on any atom is 0.326 e. The number of fused-ring (bicyclic) bond motifs is 1. The van der Waals surface area contributed by atoms with Crippen LogP contribution in [0.5, 0.6) is 0 Å². The Balaban J connectivity index is 1.85. The van der Waals surface area contributed by atoms with E-state index in [0.717, 1.165) is 12.8 Å². The van der Waals surface area contributed by atoms with Gasteiger partial charge in [-0.15, -0.1) is 10.2 Å². The second kappa shape index (κ2) is 4.83. The van der Waals surface area contributed by atoms with E-state index in [4.69, 9.17) is 0 Å². The van der Waals surface area contributed by atoms with Crippen LogP contribution in [0, 0.1) is 5.92 Å². The monoisotopic (exact) mass is 299 g/mol. The molecule has 2 atom stereocenters. The Morgan fingerprint density at radius 1 is 1.35 bits per heavy atom. The lowest BCUT2D eigenvalue weighted by atomic mass is 10.0. The van der Waals surface area contributed by atoms with Crippen LogP contribution < -0.4 is 0 Å². The Labute approximate surface area is 116 Å². The lowest BCUT2D eigenvalue weighted by molar-refractivity contribution is -0.141. The molecule has 1 saturated heterocycles. The lowest BCUT2D eigenvalue weighted by Gasteiger charge is -2.23. The summed E-state index contributed by atoms with van der Waals surface area (Å²) >= 11 is 0. The summed E-state index contributed by atoms with van der Waals surface area (Å²) in [5, 5.41) is 17.5. The van der Waals surface area contributed by atoms with Crippen LogP contribution in [0.2, 0.25) is 0 Å². The molecule has 1 aromatic heterocycles. The molecule has 110 valence electrons. The third-order valence-corrected chi connectivity index (χ3v) is 5.95. The first-order valence-corrected chi connectivity index (χ1v) is 8.64. The fraction of sp³-hybridized carbons (Fsp3) is 0.750. The van der Waals surface area contributed by atoms with Gasteiger partial charge in [0.25, 0.3) is 0 Å². The van der Waals surface area contributed by atoms with Crippen LogP contribution in [0.3, 0.4) is 0 Å². The van der Waals surface area contributed by atoms with Crippen molar-refractivity contribution in [1.29, 1.82) is 0 Å². The summed E-state index contributed by atoms with van der Waals surface area (Å²) in [5.41, 5.74) is 0. The van der Waals surface area contributed by atoms with Crippen molar-refractivity contribution < 1.29 is 18.3 Å². The standard InChI is InChI=1S/C12H17N3O4S/c16-12(17)9-2-1-3-10-13-14-11(15(9)10)6-8-4-5-20(18,19)7-8/h8-9H,1-7H2,(H,16,17). The number of aryl methyl sites for hydroxylation is 1. The van der Waals surface area contributed by atoms with Crippen LogP contribution in [0.25, 0.3) is 0 Å². The molecular weight excluding hydrogens is 282 g/mol. The van der Waals surface area contributed by atoms with Crippen LogP contribution >= 0.6 is 0 Å². The number of hydrogen-bond acceptors (Lipinski definition) is 5. The van der Waals surface area contributed by atoms with Gasteiger partial charge in [-0.05, 0) is 25.2 Å². The number of nitrogens with zero attached hydrogens (tertiary/aromatic N) is 3. The highest BCUT2D eigenvalue weighted by molar-refractivity contribution is 7.91. The third-order valence-electron chi connectivity index (χ3n) is 4.11. The normalized spacial score (nSPS) is 28.2. The maximum atomic E-state index is 11.5. The number of carboxylic acid groups (broad SMARTS) is 1. The minimum absolute atomic E-state index is 0.0321. The van der Waals surface area contributed by atoms with Crippen LogP contribution in [-0.2, 0) is 27.5 Å². The molecule has 20 heavy (non-hydrogen) atoms. The largest absolute Gasteiger partial charge is 0.480 e. The van der Waals surface area contributed by atoms with E-state index in [1.54, 1.807) is 4.57 Å². The van der Waals surface area contributed by atoms with E-state index in [1.165, 1.54) is 0 Å². The molecule has 2 aliphatic rings. The molecule has 0 aromatic carbocycles. The van der Waals surface area contributed by atoms with Gasteiger partial charge in [0.1, 0.15) is 17.7 Å². The van der Waals surface area contributed by atoms with Crippen molar-refractivity contribution in [1.82, 2.24) is 14.8 Å². The zero-order chi connectivity index (χ0) is 14.3. The van der Waals surface area contributed by atoms with Crippen molar-refractivity contribution in [3.8, 4) is 0 Å². The summed E-state index contributed by atoms with van der Waals surface area (Å²) in [4.78, 5) is 11.3. The minimum Gasteiger partial charge on any atom is -0.480 e. The Bertz CT molecular complexity index is 637. The van der Waals surface area contributed by atoms with Gasteiger partial charge in [-0.25, -0.2) is 13.2 Å². The van der Waals surface area contributed by atoms with Crippen molar-refractivity contribution in [3.63, 3.8) is 0 Å². The van der Waals surface area contributed by atoms with E-state index in [0.29, 0.717) is 30.9 Å². The molecule has 1 fully saturated rings. The van der Waals surface area contributed by atoms with Gasteiger partial charge < -0.3 is 9.67 Å². The molecule has 8 heteroatoms. The fourth-order valence-corrected chi connectivity index (χ4v) is 5.00. The van der Waals surface area contributed by atoms with E-state index in [1.807, 2.05) is 0 Å². The van der Waals surface area contributed by atoms with Crippen LogP contribution in [0.1, 0.15) is 37.0 Å². The SMILES string of the molecule is O=C(O)C1CCCc2nnc(CC3CCS(=O)(=O)C3)n21. The fourth-order valence-electron chi connectivity index (χ4n) is 3.14. The van der Waals surface area contributed by atoms with Crippen LogP contribution in [0.4, 0.5) is 0 Å². The number of carboxylic acids is 1. The van der Waals surface area contributed by atoms with Crippen molar-refractivity contribution in [2.45, 2.75) is 38.1 Å². The molecule has 1 N–H and O–H groups in total. The number of aliphatic carboxylic acids is 1. The molecule has 2 aliphatic heterocycles. The molecule has 0 amide bonds. The Morgan fingerprint density at radius 3 is 2.80 bits per heavy atom. The van der Waals surface area contributed by atoms with Gasteiger partial charge in [0.15, 0.2) is 9.84 Å². The highest BCUT2D eigenvalue weighted by Crippen LogP contribution is 2.28. The minimum atomic E-state index is -2.92. The van der Waals surface area contributed by atoms with Crippen LogP contribution in [-0.4, -0.2) is 45.8 Å². The van der Waals surface area contributed by atoms with Gasteiger partial charge in [-0.3, -0.25) is 0 Å². The molecule has 0 spiro atoms. The lowest BCUT2D eigenvalue weighted by Crippen LogP contribution is -2.27. The summed E-state index contributed by atoms with van der Waals surface area (Å²) < 4.78 is 24.7. The molecule has 3 rings (SSSR count). The summed E-state index contributed by atoms with van der Waals surface area (Å²) in [6.45, 7) is 0. The highest BCUT2D eigenvalue weighted by Gasteiger charge is 2.33. The highest BCUT2D eigenvalue weighted by atomic mass is 32.2. The smallest absolute Gasteiger partial charge is 0.326 e. The Morgan fingerprint density at radius 2 is 2.15 bits per heavy atom. The topological polar surface area (TPSA) is 102 Å². The summed E-state index contributed by atoms with van der Waals surface area (Å²) in [6.07, 6.45) is 3.24. The van der Waals surface area contributed by atoms with Gasteiger partial charge in [0.2, 0.25) is 0 Å². The first-order chi connectivity index (χ1) is 9.46. The molecule has 7 nitrogen and oxygen atoms in total. The van der Waals surface area contributed by atoms with E-state index in [-0.39, 0.29) is 17.4 Å². The predicted octanol–water partition coefficient (Wildman–Crippen LogP) is 0.217. The first-order valence-electron chi connectivity index (χ1n) is 6.82. The predicted molar refractivity (Wildman–Crippen MR) is 70.1 cm³/mol. The van der Waals surface area contributed by atoms with Gasteiger partial charge >= 0.3 is 5.97 Å². The second-order valence-corrected chi connectivity index (χ2v) is 7.85. The second-order valence-electron chi connectivity index (χ2n) is 5.62. The molecule has 0 aliphatic carbocycles. The Kier molecular flexibility index (Phi) is 3.27. The number of hydrogen-bond donors (Lipinski definition) is 1. The summed E-state index contributed by atoms with van der Waals surface area (Å²) in [6, 6.07) is -0.609. The van der Waals surface area contributed by atoms with E-state index >= 15 is 0 Å². The average molecular weight is 299 g/mol. The van der Waals surface area contributed by atoms with Crippen LogP contribution in [0.15, 0.2) is 0 Å². The number of rotatable bonds is 3. The molecule has 0 bridgehead atoms. The summed E-state index contributed by atoms with van der Waals surface area (Å²) in [7, 11) is -2.92. The molecule has 3 heterocycles. The van der Waals surface area contributed by atoms with E-state index in [2.05, 4.69) is 10.2 Å². The zero-order valence-corrected chi connectivity index (χ0v) is 11.8. The van der Waals surface area contributed by atoms with Gasteiger partial charge in [0, 0.05) is 12.8 Å². The molecule has 2 unspecified atom stereocenters. The number of aromatic nitrogens is 3. The van der Waals surface area contributed by atoms with Crippen molar-refractivity contribution >= 4 is 15.8 Å².